The van der Waals surface area contributed by atoms with E-state index in [0.29, 0.717) is 17.2 Å². The molecule has 0 aliphatic heterocycles. The number of hydrogen-bond donors (Lipinski definition) is 1. The number of nitrogens with one attached hydrogen (secondary N) is 1. The molecule has 0 aliphatic carbocycles. The number of anilines is 1. The standard InChI is InChI=1S/C22H19NO3S/c1-2-26-20(24)13-10-16-8-11-18(12-9-16)23-22(25)21-19(14-15-27-21)17-6-4-3-5-7-17/h3-15H,2H2,1H3,(H,23,25)/b13-10+. The van der Waals surface area contributed by atoms with Crippen LogP contribution in [0.5, 0.6) is 0 Å². The molecule has 0 spiro atoms. The highest BCUT2D eigenvalue weighted by molar-refractivity contribution is 7.12. The third-order valence-corrected chi connectivity index (χ3v) is 4.74. The SMILES string of the molecule is CCOC(=O)/C=C/c1ccc(NC(=O)c2sccc2-c2ccccc2)cc1. The molecule has 3 rings (SSSR count). The van der Waals surface area contributed by atoms with Crippen molar-refractivity contribution >= 4 is 35.0 Å². The monoisotopic (exact) mass is 377 g/mol. The van der Waals surface area contributed by atoms with Crippen molar-refractivity contribution < 1.29 is 14.3 Å². The molecule has 1 amide bonds. The Bertz CT molecular complexity index is 943. The van der Waals surface area contributed by atoms with Crippen LogP contribution >= 0.6 is 11.3 Å². The molecule has 0 atom stereocenters. The molecule has 27 heavy (non-hydrogen) atoms. The summed E-state index contributed by atoms with van der Waals surface area (Å²) >= 11 is 1.42. The van der Waals surface area contributed by atoms with Gasteiger partial charge >= 0.3 is 5.97 Å². The number of benzene rings is 2. The van der Waals surface area contributed by atoms with Gasteiger partial charge in [-0.05, 0) is 47.7 Å². The average Bonchev–Trinajstić information content (AvgIpc) is 3.18. The second-order valence-electron chi connectivity index (χ2n) is 5.69. The van der Waals surface area contributed by atoms with Crippen LogP contribution in [-0.2, 0) is 9.53 Å². The number of esters is 1. The molecule has 0 bridgehead atoms. The van der Waals surface area contributed by atoms with Crippen LogP contribution in [0.25, 0.3) is 17.2 Å². The minimum absolute atomic E-state index is 0.140. The van der Waals surface area contributed by atoms with Crippen LogP contribution in [0, 0.1) is 0 Å². The highest BCUT2D eigenvalue weighted by atomic mass is 32.1. The molecule has 0 aliphatic rings. The molecule has 1 heterocycles. The van der Waals surface area contributed by atoms with E-state index >= 15 is 0 Å². The van der Waals surface area contributed by atoms with Crippen molar-refractivity contribution in [2.75, 3.05) is 11.9 Å². The first-order valence-corrected chi connectivity index (χ1v) is 9.44. The molecule has 0 saturated carbocycles. The molecule has 2 aromatic carbocycles. The van der Waals surface area contributed by atoms with Gasteiger partial charge in [0, 0.05) is 17.3 Å². The van der Waals surface area contributed by atoms with Gasteiger partial charge in [0.05, 0.1) is 11.5 Å². The number of rotatable bonds is 6. The zero-order valence-corrected chi connectivity index (χ0v) is 15.7. The van der Waals surface area contributed by atoms with Gasteiger partial charge in [0.2, 0.25) is 0 Å². The molecule has 0 unspecified atom stereocenters. The van der Waals surface area contributed by atoms with E-state index < -0.39 is 0 Å². The zero-order valence-electron chi connectivity index (χ0n) is 14.8. The van der Waals surface area contributed by atoms with Gasteiger partial charge in [0.25, 0.3) is 5.91 Å². The summed E-state index contributed by atoms with van der Waals surface area (Å²) in [6.07, 6.45) is 3.06. The third-order valence-electron chi connectivity index (χ3n) is 3.82. The zero-order chi connectivity index (χ0) is 19.1. The first-order chi connectivity index (χ1) is 13.2. The van der Waals surface area contributed by atoms with Crippen LogP contribution in [-0.4, -0.2) is 18.5 Å². The maximum Gasteiger partial charge on any atom is 0.330 e. The Morgan fingerprint density at radius 2 is 1.78 bits per heavy atom. The van der Waals surface area contributed by atoms with E-state index in [9.17, 15) is 9.59 Å². The molecule has 136 valence electrons. The summed E-state index contributed by atoms with van der Waals surface area (Å²) in [5.74, 6) is -0.514. The van der Waals surface area contributed by atoms with Gasteiger partial charge in [0.15, 0.2) is 0 Å². The number of thiophene rings is 1. The van der Waals surface area contributed by atoms with Crippen molar-refractivity contribution in [2.45, 2.75) is 6.92 Å². The number of ether oxygens (including phenoxy) is 1. The summed E-state index contributed by atoms with van der Waals surface area (Å²) in [5.41, 5.74) is 3.48. The predicted octanol–water partition coefficient (Wildman–Crippen LogP) is 5.24. The fourth-order valence-electron chi connectivity index (χ4n) is 2.55. The van der Waals surface area contributed by atoms with Crippen molar-refractivity contribution in [3.63, 3.8) is 0 Å². The number of hydrogen-bond acceptors (Lipinski definition) is 4. The Balaban J connectivity index is 1.69. The minimum atomic E-state index is -0.374. The first kappa shape index (κ1) is 18.6. The second kappa shape index (κ2) is 8.96. The van der Waals surface area contributed by atoms with Crippen LogP contribution in [0.15, 0.2) is 72.1 Å². The van der Waals surface area contributed by atoms with Crippen molar-refractivity contribution in [3.8, 4) is 11.1 Å². The molecule has 1 N–H and O–H groups in total. The Hall–Kier alpha value is -3.18. The molecular formula is C22H19NO3S. The van der Waals surface area contributed by atoms with Crippen LogP contribution in [0.2, 0.25) is 0 Å². The lowest BCUT2D eigenvalue weighted by Gasteiger charge is -2.07. The van der Waals surface area contributed by atoms with Gasteiger partial charge in [-0.2, -0.15) is 0 Å². The summed E-state index contributed by atoms with van der Waals surface area (Å²) in [6.45, 7) is 2.11. The Kier molecular flexibility index (Phi) is 6.18. The Morgan fingerprint density at radius 3 is 2.48 bits per heavy atom. The molecule has 0 saturated heterocycles. The molecule has 3 aromatic rings. The summed E-state index contributed by atoms with van der Waals surface area (Å²) < 4.78 is 4.85. The lowest BCUT2D eigenvalue weighted by Crippen LogP contribution is -2.11. The molecular weight excluding hydrogens is 358 g/mol. The summed E-state index contributed by atoms with van der Waals surface area (Å²) in [5, 5.41) is 4.84. The summed E-state index contributed by atoms with van der Waals surface area (Å²) in [4.78, 5) is 24.7. The van der Waals surface area contributed by atoms with Crippen molar-refractivity contribution in [3.05, 3.63) is 82.6 Å². The predicted molar refractivity (Wildman–Crippen MR) is 110 cm³/mol. The van der Waals surface area contributed by atoms with Gasteiger partial charge in [-0.1, -0.05) is 42.5 Å². The fourth-order valence-corrected chi connectivity index (χ4v) is 3.36. The molecule has 1 aromatic heterocycles. The summed E-state index contributed by atoms with van der Waals surface area (Å²) in [6, 6.07) is 19.1. The van der Waals surface area contributed by atoms with Gasteiger partial charge in [0.1, 0.15) is 0 Å². The van der Waals surface area contributed by atoms with E-state index in [4.69, 9.17) is 4.74 Å². The topological polar surface area (TPSA) is 55.4 Å². The van der Waals surface area contributed by atoms with Crippen molar-refractivity contribution in [1.29, 1.82) is 0 Å². The number of amides is 1. The normalized spacial score (nSPS) is 10.7. The van der Waals surface area contributed by atoms with E-state index in [1.165, 1.54) is 17.4 Å². The molecule has 0 fully saturated rings. The maximum atomic E-state index is 12.7. The third kappa shape index (κ3) is 4.92. The van der Waals surface area contributed by atoms with E-state index in [0.717, 1.165) is 16.7 Å². The quantitative estimate of drug-likeness (QED) is 0.472. The van der Waals surface area contributed by atoms with Crippen LogP contribution in [0.3, 0.4) is 0 Å². The van der Waals surface area contributed by atoms with Crippen LogP contribution in [0.4, 0.5) is 5.69 Å². The van der Waals surface area contributed by atoms with Gasteiger partial charge in [-0.25, -0.2) is 4.79 Å². The smallest absolute Gasteiger partial charge is 0.330 e. The minimum Gasteiger partial charge on any atom is -0.463 e. The number of carbonyl (C=O) groups excluding carboxylic acids is 2. The maximum absolute atomic E-state index is 12.7. The second-order valence-corrected chi connectivity index (χ2v) is 6.61. The van der Waals surface area contributed by atoms with Gasteiger partial charge < -0.3 is 10.1 Å². The van der Waals surface area contributed by atoms with Crippen molar-refractivity contribution in [2.24, 2.45) is 0 Å². The fraction of sp³-hybridized carbons (Fsp3) is 0.0909. The lowest BCUT2D eigenvalue weighted by atomic mass is 10.1. The van der Waals surface area contributed by atoms with Crippen molar-refractivity contribution in [1.82, 2.24) is 0 Å². The lowest BCUT2D eigenvalue weighted by molar-refractivity contribution is -0.137. The average molecular weight is 377 g/mol. The summed E-state index contributed by atoms with van der Waals surface area (Å²) in [7, 11) is 0. The molecule has 4 nitrogen and oxygen atoms in total. The van der Waals surface area contributed by atoms with Crippen LogP contribution < -0.4 is 5.32 Å². The molecule has 5 heteroatoms. The van der Waals surface area contributed by atoms with E-state index in [-0.39, 0.29) is 11.9 Å². The molecule has 0 radical (unpaired) electrons. The highest BCUT2D eigenvalue weighted by Gasteiger charge is 2.14. The Labute approximate surface area is 162 Å². The van der Waals surface area contributed by atoms with E-state index in [1.807, 2.05) is 53.9 Å². The first-order valence-electron chi connectivity index (χ1n) is 8.56. The van der Waals surface area contributed by atoms with Gasteiger partial charge in [-0.15, -0.1) is 11.3 Å². The largest absolute Gasteiger partial charge is 0.463 e. The highest BCUT2D eigenvalue weighted by Crippen LogP contribution is 2.29. The van der Waals surface area contributed by atoms with E-state index in [2.05, 4.69) is 5.32 Å². The number of carbonyl (C=O) groups is 2. The van der Waals surface area contributed by atoms with Crippen LogP contribution in [0.1, 0.15) is 22.2 Å². The Morgan fingerprint density at radius 1 is 1.04 bits per heavy atom. The van der Waals surface area contributed by atoms with E-state index in [1.54, 1.807) is 25.1 Å². The van der Waals surface area contributed by atoms with Gasteiger partial charge in [-0.3, -0.25) is 4.79 Å².